The first kappa shape index (κ1) is 23.3. The van der Waals surface area contributed by atoms with Crippen LogP contribution in [0.3, 0.4) is 0 Å². The molecule has 162 valence electrons. The molecule has 0 radical (unpaired) electrons. The van der Waals surface area contributed by atoms with Crippen LogP contribution in [0.4, 0.5) is 0 Å². The molecule has 1 N–H and O–H groups in total. The summed E-state index contributed by atoms with van der Waals surface area (Å²) in [6, 6.07) is 11.3. The van der Waals surface area contributed by atoms with Crippen LogP contribution in [0.1, 0.15) is 24.5 Å². The highest BCUT2D eigenvalue weighted by molar-refractivity contribution is 5.83. The molecule has 0 fully saturated rings. The molecule has 0 saturated heterocycles. The highest BCUT2D eigenvalue weighted by atomic mass is 16.7. The standard InChI is InChI=1S/C23H28O7/c1-5-28-16(2)22-18(11-12-21(24)25)23(17-9-7-6-8-10-17)20(30-15-27-4)13-19(22)29-14-26-3/h6-10,13H,2,5,11-12,14-15H2,1,3-4H3,(H,24,25). The number of methoxy groups -OCH3 is 2. The first-order valence-electron chi connectivity index (χ1n) is 9.56. The van der Waals surface area contributed by atoms with E-state index in [-0.39, 0.29) is 26.4 Å². The molecule has 0 amide bonds. The number of carbonyl (C=O) groups is 1. The van der Waals surface area contributed by atoms with Crippen LogP contribution < -0.4 is 9.47 Å². The molecule has 0 spiro atoms. The normalized spacial score (nSPS) is 10.5. The Morgan fingerprint density at radius 1 is 1.03 bits per heavy atom. The summed E-state index contributed by atoms with van der Waals surface area (Å²) in [5.74, 6) is 0.410. The maximum Gasteiger partial charge on any atom is 0.303 e. The lowest BCUT2D eigenvalue weighted by molar-refractivity contribution is -0.136. The summed E-state index contributed by atoms with van der Waals surface area (Å²) >= 11 is 0. The molecular formula is C23H28O7. The Bertz CT molecular complexity index is 846. The molecule has 2 aromatic carbocycles. The van der Waals surface area contributed by atoms with E-state index in [0.29, 0.717) is 35.0 Å². The molecule has 2 aromatic rings. The molecule has 0 aliphatic carbocycles. The lowest BCUT2D eigenvalue weighted by Gasteiger charge is -2.23. The summed E-state index contributed by atoms with van der Waals surface area (Å²) in [5, 5.41) is 9.33. The van der Waals surface area contributed by atoms with Crippen LogP contribution in [-0.2, 0) is 25.4 Å². The summed E-state index contributed by atoms with van der Waals surface area (Å²) in [6.07, 6.45) is 0.151. The predicted molar refractivity (Wildman–Crippen MR) is 114 cm³/mol. The fourth-order valence-electron chi connectivity index (χ4n) is 3.11. The predicted octanol–water partition coefficient (Wildman–Crippen LogP) is 4.34. The lowest BCUT2D eigenvalue weighted by Crippen LogP contribution is -2.10. The summed E-state index contributed by atoms with van der Waals surface area (Å²) < 4.78 is 27.5. The summed E-state index contributed by atoms with van der Waals surface area (Å²) in [5.41, 5.74) is 2.92. The summed E-state index contributed by atoms with van der Waals surface area (Å²) in [6.45, 7) is 6.32. The minimum atomic E-state index is -0.912. The van der Waals surface area contributed by atoms with Crippen LogP contribution in [0.25, 0.3) is 16.9 Å². The second-order valence-corrected chi connectivity index (χ2v) is 6.32. The Balaban J connectivity index is 2.80. The largest absolute Gasteiger partial charge is 0.494 e. The van der Waals surface area contributed by atoms with Crippen LogP contribution in [0.5, 0.6) is 11.5 Å². The van der Waals surface area contributed by atoms with Crippen molar-refractivity contribution in [2.75, 3.05) is 34.4 Å². The Morgan fingerprint density at radius 2 is 1.67 bits per heavy atom. The number of benzene rings is 2. The molecule has 30 heavy (non-hydrogen) atoms. The third-order valence-corrected chi connectivity index (χ3v) is 4.27. The number of aliphatic carboxylic acids is 1. The fourth-order valence-corrected chi connectivity index (χ4v) is 3.11. The number of carboxylic acids is 1. The molecule has 0 saturated carbocycles. The van der Waals surface area contributed by atoms with Crippen molar-refractivity contribution in [3.8, 4) is 22.6 Å². The zero-order valence-electron chi connectivity index (χ0n) is 17.6. The van der Waals surface area contributed by atoms with Gasteiger partial charge in [-0.3, -0.25) is 4.79 Å². The van der Waals surface area contributed by atoms with Gasteiger partial charge in [-0.1, -0.05) is 36.9 Å². The Hall–Kier alpha value is -3.03. The van der Waals surface area contributed by atoms with Crippen molar-refractivity contribution < 1.29 is 33.6 Å². The molecule has 0 heterocycles. The van der Waals surface area contributed by atoms with Crippen LogP contribution >= 0.6 is 0 Å². The van der Waals surface area contributed by atoms with Gasteiger partial charge in [-0.25, -0.2) is 0 Å². The van der Waals surface area contributed by atoms with Crippen molar-refractivity contribution in [3.05, 3.63) is 54.1 Å². The monoisotopic (exact) mass is 416 g/mol. The van der Waals surface area contributed by atoms with Gasteiger partial charge in [0.25, 0.3) is 0 Å². The zero-order chi connectivity index (χ0) is 21.9. The van der Waals surface area contributed by atoms with E-state index in [1.165, 1.54) is 14.2 Å². The molecule has 7 nitrogen and oxygen atoms in total. The zero-order valence-corrected chi connectivity index (χ0v) is 17.6. The van der Waals surface area contributed by atoms with Gasteiger partial charge in [-0.2, -0.15) is 0 Å². The average Bonchev–Trinajstić information content (AvgIpc) is 2.74. The van der Waals surface area contributed by atoms with Crippen LogP contribution in [0.2, 0.25) is 0 Å². The first-order chi connectivity index (χ1) is 14.5. The third kappa shape index (κ3) is 5.98. The fraction of sp³-hybridized carbons (Fsp3) is 0.348. The van der Waals surface area contributed by atoms with Crippen molar-refractivity contribution in [1.82, 2.24) is 0 Å². The van der Waals surface area contributed by atoms with E-state index < -0.39 is 5.97 Å². The molecule has 0 aliphatic rings. The van der Waals surface area contributed by atoms with Gasteiger partial charge in [0.05, 0.1) is 12.2 Å². The Labute approximate surface area is 176 Å². The molecule has 0 atom stereocenters. The lowest BCUT2D eigenvalue weighted by atomic mass is 9.90. The maximum absolute atomic E-state index is 11.4. The molecule has 0 aromatic heterocycles. The maximum atomic E-state index is 11.4. The minimum absolute atomic E-state index is 0.000816. The molecule has 0 unspecified atom stereocenters. The number of ether oxygens (including phenoxy) is 5. The van der Waals surface area contributed by atoms with Crippen molar-refractivity contribution in [1.29, 1.82) is 0 Å². The van der Waals surface area contributed by atoms with Gasteiger partial charge in [-0.05, 0) is 24.5 Å². The Morgan fingerprint density at radius 3 is 2.23 bits per heavy atom. The van der Waals surface area contributed by atoms with E-state index >= 15 is 0 Å². The van der Waals surface area contributed by atoms with Crippen LogP contribution in [0, 0.1) is 0 Å². The van der Waals surface area contributed by atoms with Gasteiger partial charge in [-0.15, -0.1) is 0 Å². The number of carboxylic acid groups (broad SMARTS) is 1. The second-order valence-electron chi connectivity index (χ2n) is 6.32. The number of hydrogen-bond donors (Lipinski definition) is 1. The number of hydrogen-bond acceptors (Lipinski definition) is 6. The third-order valence-electron chi connectivity index (χ3n) is 4.27. The van der Waals surface area contributed by atoms with Gasteiger partial charge < -0.3 is 28.8 Å². The quantitative estimate of drug-likeness (QED) is 0.384. The van der Waals surface area contributed by atoms with Gasteiger partial charge >= 0.3 is 5.97 Å². The van der Waals surface area contributed by atoms with Crippen molar-refractivity contribution >= 4 is 11.7 Å². The van der Waals surface area contributed by atoms with E-state index in [9.17, 15) is 9.90 Å². The molecular weight excluding hydrogens is 388 g/mol. The van der Waals surface area contributed by atoms with Crippen LogP contribution in [0.15, 0.2) is 43.0 Å². The SMILES string of the molecule is C=C(OCC)c1c(OCOC)cc(OCOC)c(-c2ccccc2)c1CCC(=O)O. The van der Waals surface area contributed by atoms with E-state index in [0.717, 1.165) is 11.1 Å². The summed E-state index contributed by atoms with van der Waals surface area (Å²) in [4.78, 5) is 11.4. The van der Waals surface area contributed by atoms with Gasteiger partial charge in [0, 0.05) is 32.3 Å². The first-order valence-corrected chi connectivity index (χ1v) is 9.56. The molecule has 7 heteroatoms. The van der Waals surface area contributed by atoms with E-state index in [1.54, 1.807) is 6.07 Å². The highest BCUT2D eigenvalue weighted by Crippen LogP contribution is 2.44. The number of rotatable bonds is 13. The van der Waals surface area contributed by atoms with Crippen LogP contribution in [-0.4, -0.2) is 45.5 Å². The summed E-state index contributed by atoms with van der Waals surface area (Å²) in [7, 11) is 3.05. The second kappa shape index (κ2) is 11.8. The highest BCUT2D eigenvalue weighted by Gasteiger charge is 2.24. The average molecular weight is 416 g/mol. The molecule has 0 aliphatic heterocycles. The van der Waals surface area contributed by atoms with E-state index in [4.69, 9.17) is 23.7 Å². The van der Waals surface area contributed by atoms with Crippen molar-refractivity contribution in [3.63, 3.8) is 0 Å². The molecule has 0 bridgehead atoms. The smallest absolute Gasteiger partial charge is 0.303 e. The minimum Gasteiger partial charge on any atom is -0.494 e. The molecule has 2 rings (SSSR count). The topological polar surface area (TPSA) is 83.5 Å². The van der Waals surface area contributed by atoms with Crippen molar-refractivity contribution in [2.45, 2.75) is 19.8 Å². The van der Waals surface area contributed by atoms with Gasteiger partial charge in [0.15, 0.2) is 13.6 Å². The van der Waals surface area contributed by atoms with E-state index in [1.807, 2.05) is 37.3 Å². The Kier molecular flexibility index (Phi) is 9.18. The van der Waals surface area contributed by atoms with Crippen molar-refractivity contribution in [2.24, 2.45) is 0 Å². The van der Waals surface area contributed by atoms with E-state index in [2.05, 4.69) is 6.58 Å². The van der Waals surface area contributed by atoms with Gasteiger partial charge in [0.1, 0.15) is 17.3 Å². The van der Waals surface area contributed by atoms with Gasteiger partial charge in [0.2, 0.25) is 0 Å².